The average molecular weight is 348 g/mol. The van der Waals surface area contributed by atoms with E-state index < -0.39 is 0 Å². The largest absolute Gasteiger partial charge is 0.490 e. The summed E-state index contributed by atoms with van der Waals surface area (Å²) >= 11 is 7.01. The van der Waals surface area contributed by atoms with Crippen LogP contribution in [0.1, 0.15) is 37.7 Å². The molecule has 0 heterocycles. The highest BCUT2D eigenvalue weighted by Gasteiger charge is 2.15. The molecule has 0 amide bonds. The molecule has 1 nitrogen and oxygen atoms in total. The van der Waals surface area contributed by atoms with Crippen molar-refractivity contribution in [3.05, 3.63) is 28.2 Å². The van der Waals surface area contributed by atoms with Gasteiger partial charge in [0.15, 0.2) is 0 Å². The van der Waals surface area contributed by atoms with Crippen LogP contribution in [0.15, 0.2) is 22.7 Å². The SMILES string of the molecule is BrCc1cc(OC2CCCCC2)ccc1Br. The second kappa shape index (κ2) is 6.06. The first-order valence-corrected chi connectivity index (χ1v) is 7.72. The second-order valence-corrected chi connectivity index (χ2v) is 5.68. The number of hydrogen-bond acceptors (Lipinski definition) is 1. The Morgan fingerprint density at radius 1 is 1.19 bits per heavy atom. The van der Waals surface area contributed by atoms with Crippen LogP contribution in [0.4, 0.5) is 0 Å². The zero-order valence-electron chi connectivity index (χ0n) is 9.22. The van der Waals surface area contributed by atoms with Crippen molar-refractivity contribution in [3.63, 3.8) is 0 Å². The van der Waals surface area contributed by atoms with Crippen molar-refractivity contribution in [2.75, 3.05) is 0 Å². The highest BCUT2D eigenvalue weighted by atomic mass is 79.9. The molecule has 0 aromatic heterocycles. The lowest BCUT2D eigenvalue weighted by Gasteiger charge is -2.23. The van der Waals surface area contributed by atoms with Gasteiger partial charge in [-0.1, -0.05) is 38.3 Å². The maximum atomic E-state index is 6.01. The smallest absolute Gasteiger partial charge is 0.120 e. The minimum Gasteiger partial charge on any atom is -0.490 e. The Labute approximate surface area is 114 Å². The maximum absolute atomic E-state index is 6.01. The molecule has 1 aliphatic rings. The molecule has 0 radical (unpaired) electrons. The lowest BCUT2D eigenvalue weighted by Crippen LogP contribution is -2.19. The zero-order chi connectivity index (χ0) is 11.4. The van der Waals surface area contributed by atoms with Crippen LogP contribution in [-0.4, -0.2) is 6.10 Å². The predicted molar refractivity (Wildman–Crippen MR) is 74.3 cm³/mol. The van der Waals surface area contributed by atoms with Gasteiger partial charge >= 0.3 is 0 Å². The van der Waals surface area contributed by atoms with Gasteiger partial charge in [-0.25, -0.2) is 0 Å². The van der Waals surface area contributed by atoms with E-state index in [-0.39, 0.29) is 0 Å². The number of ether oxygens (including phenoxy) is 1. The molecule has 1 aromatic carbocycles. The Morgan fingerprint density at radius 3 is 2.62 bits per heavy atom. The molecule has 0 bridgehead atoms. The van der Waals surface area contributed by atoms with Gasteiger partial charge in [0.2, 0.25) is 0 Å². The number of halogens is 2. The molecule has 1 aromatic rings. The van der Waals surface area contributed by atoms with E-state index in [1.807, 2.05) is 6.07 Å². The molecule has 3 heteroatoms. The van der Waals surface area contributed by atoms with Crippen molar-refractivity contribution < 1.29 is 4.74 Å². The third kappa shape index (κ3) is 3.24. The van der Waals surface area contributed by atoms with Crippen molar-refractivity contribution in [1.29, 1.82) is 0 Å². The lowest BCUT2D eigenvalue weighted by atomic mass is 9.98. The van der Waals surface area contributed by atoms with Crippen LogP contribution in [0.25, 0.3) is 0 Å². The van der Waals surface area contributed by atoms with Gasteiger partial charge in [-0.2, -0.15) is 0 Å². The topological polar surface area (TPSA) is 9.23 Å². The van der Waals surface area contributed by atoms with E-state index >= 15 is 0 Å². The Morgan fingerprint density at radius 2 is 1.94 bits per heavy atom. The van der Waals surface area contributed by atoms with E-state index in [1.54, 1.807) is 0 Å². The monoisotopic (exact) mass is 346 g/mol. The summed E-state index contributed by atoms with van der Waals surface area (Å²) < 4.78 is 7.15. The molecule has 0 atom stereocenters. The van der Waals surface area contributed by atoms with E-state index in [9.17, 15) is 0 Å². The van der Waals surface area contributed by atoms with Crippen LogP contribution in [0.3, 0.4) is 0 Å². The van der Waals surface area contributed by atoms with Gasteiger partial charge in [0.1, 0.15) is 5.75 Å². The van der Waals surface area contributed by atoms with Crippen LogP contribution in [0, 0.1) is 0 Å². The fraction of sp³-hybridized carbons (Fsp3) is 0.538. The fourth-order valence-electron chi connectivity index (χ4n) is 2.10. The van der Waals surface area contributed by atoms with E-state index in [0.717, 1.165) is 15.6 Å². The van der Waals surface area contributed by atoms with E-state index in [1.165, 1.54) is 37.7 Å². The van der Waals surface area contributed by atoms with Crippen molar-refractivity contribution in [3.8, 4) is 5.75 Å². The predicted octanol–water partition coefficient (Wildman–Crippen LogP) is 5.06. The van der Waals surface area contributed by atoms with Crippen molar-refractivity contribution in [2.45, 2.75) is 43.5 Å². The molecule has 2 rings (SSSR count). The minimum absolute atomic E-state index is 0.429. The van der Waals surface area contributed by atoms with Gasteiger partial charge in [-0.3, -0.25) is 0 Å². The molecular formula is C13H16Br2O. The molecule has 16 heavy (non-hydrogen) atoms. The number of hydrogen-bond donors (Lipinski definition) is 0. The van der Waals surface area contributed by atoms with E-state index in [4.69, 9.17) is 4.74 Å². The quantitative estimate of drug-likeness (QED) is 0.695. The van der Waals surface area contributed by atoms with Crippen molar-refractivity contribution >= 4 is 31.9 Å². The lowest BCUT2D eigenvalue weighted by molar-refractivity contribution is 0.155. The number of alkyl halides is 1. The summed E-state index contributed by atoms with van der Waals surface area (Å²) in [6.45, 7) is 0. The Hall–Kier alpha value is -0.0200. The molecular weight excluding hydrogens is 332 g/mol. The van der Waals surface area contributed by atoms with Crippen LogP contribution < -0.4 is 4.74 Å². The van der Waals surface area contributed by atoms with Crippen LogP contribution >= 0.6 is 31.9 Å². The molecule has 0 saturated heterocycles. The maximum Gasteiger partial charge on any atom is 0.120 e. The fourth-order valence-corrected chi connectivity index (χ4v) is 3.33. The number of benzene rings is 1. The van der Waals surface area contributed by atoms with E-state index in [0.29, 0.717) is 6.10 Å². The normalized spacial score (nSPS) is 17.4. The third-order valence-electron chi connectivity index (χ3n) is 3.02. The molecule has 0 aliphatic heterocycles. The summed E-state index contributed by atoms with van der Waals surface area (Å²) in [5.74, 6) is 1.00. The summed E-state index contributed by atoms with van der Waals surface area (Å²) in [5.41, 5.74) is 1.24. The van der Waals surface area contributed by atoms with Crippen molar-refractivity contribution in [1.82, 2.24) is 0 Å². The molecule has 1 aliphatic carbocycles. The number of rotatable bonds is 3. The van der Waals surface area contributed by atoms with Crippen molar-refractivity contribution in [2.24, 2.45) is 0 Å². The zero-order valence-corrected chi connectivity index (χ0v) is 12.4. The summed E-state index contributed by atoms with van der Waals surface area (Å²) in [5, 5.41) is 0.857. The first kappa shape index (κ1) is 12.4. The highest BCUT2D eigenvalue weighted by Crippen LogP contribution is 2.28. The first-order chi connectivity index (χ1) is 7.79. The average Bonchev–Trinajstić information content (AvgIpc) is 2.33. The van der Waals surface area contributed by atoms with E-state index in [2.05, 4.69) is 44.0 Å². The molecule has 0 spiro atoms. The molecule has 88 valence electrons. The highest BCUT2D eigenvalue weighted by molar-refractivity contribution is 9.10. The van der Waals surface area contributed by atoms with Gasteiger partial charge in [0.25, 0.3) is 0 Å². The minimum atomic E-state index is 0.429. The summed E-state index contributed by atoms with van der Waals surface area (Å²) in [7, 11) is 0. The summed E-state index contributed by atoms with van der Waals surface area (Å²) in [6.07, 6.45) is 6.84. The summed E-state index contributed by atoms with van der Waals surface area (Å²) in [6, 6.07) is 6.23. The third-order valence-corrected chi connectivity index (χ3v) is 4.39. The van der Waals surface area contributed by atoms with Gasteiger partial charge in [0, 0.05) is 9.80 Å². The van der Waals surface area contributed by atoms with Gasteiger partial charge in [-0.05, 0) is 49.4 Å². The van der Waals surface area contributed by atoms with Crippen LogP contribution in [-0.2, 0) is 5.33 Å². The molecule has 1 saturated carbocycles. The molecule has 0 unspecified atom stereocenters. The second-order valence-electron chi connectivity index (χ2n) is 4.26. The van der Waals surface area contributed by atoms with Gasteiger partial charge < -0.3 is 4.74 Å². The Kier molecular flexibility index (Phi) is 4.71. The summed E-state index contributed by atoms with van der Waals surface area (Å²) in [4.78, 5) is 0. The van der Waals surface area contributed by atoms with Gasteiger partial charge in [-0.15, -0.1) is 0 Å². The molecule has 1 fully saturated rings. The standard InChI is InChI=1S/C13H16Br2O/c14-9-10-8-12(6-7-13(10)15)16-11-4-2-1-3-5-11/h6-8,11H,1-5,9H2. The van der Waals surface area contributed by atoms with Crippen LogP contribution in [0.5, 0.6) is 5.75 Å². The Balaban J connectivity index is 2.03. The molecule has 0 N–H and O–H groups in total. The Bertz CT molecular complexity index is 346. The first-order valence-electron chi connectivity index (χ1n) is 5.80. The van der Waals surface area contributed by atoms with Crippen LogP contribution in [0.2, 0.25) is 0 Å². The van der Waals surface area contributed by atoms with Gasteiger partial charge in [0.05, 0.1) is 6.10 Å².